The Hall–Kier alpha value is -2.00. The first-order valence-corrected chi connectivity index (χ1v) is 5.56. The van der Waals surface area contributed by atoms with Crippen LogP contribution in [-0.2, 0) is 4.74 Å². The number of rotatable bonds is 1. The molecular weight excluding hydrogens is 218 g/mol. The zero-order chi connectivity index (χ0) is 11.7. The van der Waals surface area contributed by atoms with Crippen molar-refractivity contribution < 1.29 is 4.74 Å². The molecule has 3 heterocycles. The van der Waals surface area contributed by atoms with Crippen molar-refractivity contribution in [3.63, 3.8) is 0 Å². The van der Waals surface area contributed by atoms with E-state index < -0.39 is 0 Å². The van der Waals surface area contributed by atoms with Gasteiger partial charge in [-0.1, -0.05) is 0 Å². The average Bonchev–Trinajstić information content (AvgIpc) is 2.82. The maximum atomic E-state index is 8.81. The molecular formula is C11H11N5O. The van der Waals surface area contributed by atoms with Crippen molar-refractivity contribution in [2.24, 2.45) is 0 Å². The third-order valence-electron chi connectivity index (χ3n) is 2.97. The molecule has 2 aromatic rings. The summed E-state index contributed by atoms with van der Waals surface area (Å²) < 4.78 is 7.22. The van der Waals surface area contributed by atoms with E-state index in [4.69, 9.17) is 10.00 Å². The van der Waals surface area contributed by atoms with Crippen molar-refractivity contribution in [1.29, 1.82) is 5.26 Å². The second-order valence-electron chi connectivity index (χ2n) is 4.02. The molecule has 0 N–H and O–H groups in total. The van der Waals surface area contributed by atoms with Gasteiger partial charge in [-0.2, -0.15) is 15.3 Å². The number of fused-ring (bicyclic) bond motifs is 1. The molecule has 86 valence electrons. The van der Waals surface area contributed by atoms with E-state index in [1.165, 1.54) is 0 Å². The summed E-state index contributed by atoms with van der Waals surface area (Å²) >= 11 is 0. The molecule has 0 amide bonds. The van der Waals surface area contributed by atoms with E-state index in [0.717, 1.165) is 37.1 Å². The summed E-state index contributed by atoms with van der Waals surface area (Å²) in [6.45, 7) is 1.50. The maximum Gasteiger partial charge on any atom is 0.234 e. The molecule has 0 bridgehead atoms. The Kier molecular flexibility index (Phi) is 2.46. The van der Waals surface area contributed by atoms with Crippen LogP contribution in [0.4, 0.5) is 0 Å². The van der Waals surface area contributed by atoms with E-state index in [1.54, 1.807) is 12.4 Å². The van der Waals surface area contributed by atoms with Crippen molar-refractivity contribution in [2.45, 2.75) is 18.9 Å². The number of nitriles is 1. The van der Waals surface area contributed by atoms with Crippen LogP contribution in [-0.4, -0.2) is 33.0 Å². The lowest BCUT2D eigenvalue weighted by Crippen LogP contribution is -2.20. The van der Waals surface area contributed by atoms with Gasteiger partial charge in [-0.25, -0.2) is 9.67 Å². The van der Waals surface area contributed by atoms with Crippen LogP contribution in [0.5, 0.6) is 0 Å². The van der Waals surface area contributed by atoms with Crippen molar-refractivity contribution in [3.05, 3.63) is 18.2 Å². The highest BCUT2D eigenvalue weighted by Crippen LogP contribution is 2.23. The summed E-state index contributed by atoms with van der Waals surface area (Å²) in [5.41, 5.74) is 0.739. The highest BCUT2D eigenvalue weighted by atomic mass is 16.5. The summed E-state index contributed by atoms with van der Waals surface area (Å²) in [5, 5.41) is 14.0. The third kappa shape index (κ3) is 1.74. The van der Waals surface area contributed by atoms with Gasteiger partial charge in [0.15, 0.2) is 5.65 Å². The van der Waals surface area contributed by atoms with E-state index in [1.807, 2.05) is 10.8 Å². The van der Waals surface area contributed by atoms with E-state index in [-0.39, 0.29) is 5.82 Å². The Bertz CT molecular complexity index is 579. The minimum Gasteiger partial charge on any atom is -0.381 e. The van der Waals surface area contributed by atoms with Gasteiger partial charge < -0.3 is 4.74 Å². The molecule has 3 rings (SSSR count). The van der Waals surface area contributed by atoms with Crippen LogP contribution in [0.3, 0.4) is 0 Å². The average molecular weight is 229 g/mol. The number of nitrogens with zero attached hydrogens (tertiary/aromatic N) is 5. The molecule has 1 fully saturated rings. The fraction of sp³-hybridized carbons (Fsp3) is 0.455. The summed E-state index contributed by atoms with van der Waals surface area (Å²) in [4.78, 5) is 8.15. The lowest BCUT2D eigenvalue weighted by atomic mass is 10.1. The van der Waals surface area contributed by atoms with E-state index in [9.17, 15) is 0 Å². The molecule has 0 atom stereocenters. The van der Waals surface area contributed by atoms with Crippen LogP contribution < -0.4 is 0 Å². The van der Waals surface area contributed by atoms with Gasteiger partial charge in [0.2, 0.25) is 5.82 Å². The second kappa shape index (κ2) is 4.11. The summed E-state index contributed by atoms with van der Waals surface area (Å²) in [6.07, 6.45) is 5.25. The van der Waals surface area contributed by atoms with Gasteiger partial charge in [0, 0.05) is 19.4 Å². The maximum absolute atomic E-state index is 8.81. The van der Waals surface area contributed by atoms with Crippen LogP contribution in [0.1, 0.15) is 24.7 Å². The molecule has 0 unspecified atom stereocenters. The van der Waals surface area contributed by atoms with Gasteiger partial charge in [0.05, 0.1) is 17.6 Å². The SMILES string of the molecule is N#Cc1ncc2cnn(C3CCOCC3)c2n1. The lowest BCUT2D eigenvalue weighted by Gasteiger charge is -2.22. The first-order chi connectivity index (χ1) is 8.38. The van der Waals surface area contributed by atoms with Gasteiger partial charge >= 0.3 is 0 Å². The molecule has 17 heavy (non-hydrogen) atoms. The summed E-state index contributed by atoms with van der Waals surface area (Å²) in [5.74, 6) is 0.186. The molecule has 0 saturated carbocycles. The van der Waals surface area contributed by atoms with Gasteiger partial charge in [-0.15, -0.1) is 0 Å². The first kappa shape index (κ1) is 10.2. The Balaban J connectivity index is 2.06. The normalized spacial score (nSPS) is 17.1. The minimum atomic E-state index is 0.186. The Morgan fingerprint density at radius 3 is 2.94 bits per heavy atom. The van der Waals surface area contributed by atoms with Crippen molar-refractivity contribution in [3.8, 4) is 6.07 Å². The quantitative estimate of drug-likeness (QED) is 0.730. The van der Waals surface area contributed by atoms with E-state index >= 15 is 0 Å². The highest BCUT2D eigenvalue weighted by molar-refractivity contribution is 5.73. The van der Waals surface area contributed by atoms with Crippen LogP contribution in [0.2, 0.25) is 0 Å². The molecule has 6 heteroatoms. The zero-order valence-electron chi connectivity index (χ0n) is 9.20. The number of hydrogen-bond donors (Lipinski definition) is 0. The Labute approximate surface area is 97.8 Å². The minimum absolute atomic E-state index is 0.186. The number of hydrogen-bond acceptors (Lipinski definition) is 5. The van der Waals surface area contributed by atoms with E-state index in [0.29, 0.717) is 6.04 Å². The second-order valence-corrected chi connectivity index (χ2v) is 4.02. The molecule has 6 nitrogen and oxygen atoms in total. The molecule has 1 aliphatic heterocycles. The number of aromatic nitrogens is 4. The van der Waals surface area contributed by atoms with Crippen molar-refractivity contribution >= 4 is 11.0 Å². The summed E-state index contributed by atoms with van der Waals surface area (Å²) in [7, 11) is 0. The molecule has 0 spiro atoms. The third-order valence-corrected chi connectivity index (χ3v) is 2.97. The molecule has 0 aliphatic carbocycles. The highest BCUT2D eigenvalue weighted by Gasteiger charge is 2.19. The first-order valence-electron chi connectivity index (χ1n) is 5.56. The van der Waals surface area contributed by atoms with Gasteiger partial charge in [-0.3, -0.25) is 0 Å². The molecule has 1 saturated heterocycles. The van der Waals surface area contributed by atoms with Crippen LogP contribution in [0.25, 0.3) is 11.0 Å². The monoisotopic (exact) mass is 229 g/mol. The molecule has 0 radical (unpaired) electrons. The van der Waals surface area contributed by atoms with Crippen molar-refractivity contribution in [2.75, 3.05) is 13.2 Å². The predicted molar refractivity (Wildman–Crippen MR) is 59.1 cm³/mol. The molecule has 1 aliphatic rings. The molecule has 0 aromatic carbocycles. The smallest absolute Gasteiger partial charge is 0.234 e. The largest absolute Gasteiger partial charge is 0.381 e. The number of ether oxygens (including phenoxy) is 1. The van der Waals surface area contributed by atoms with Crippen LogP contribution in [0.15, 0.2) is 12.4 Å². The standard InChI is InChI=1S/C11H11N5O/c12-5-10-13-6-8-7-14-16(11(8)15-10)9-1-3-17-4-2-9/h6-7,9H,1-4H2. The van der Waals surface area contributed by atoms with Crippen molar-refractivity contribution in [1.82, 2.24) is 19.7 Å². The lowest BCUT2D eigenvalue weighted by molar-refractivity contribution is 0.0673. The molecule has 2 aromatic heterocycles. The topological polar surface area (TPSA) is 76.6 Å². The predicted octanol–water partition coefficient (Wildman–Crippen LogP) is 1.05. The van der Waals surface area contributed by atoms with Gasteiger partial charge in [0.1, 0.15) is 6.07 Å². The fourth-order valence-electron chi connectivity index (χ4n) is 2.09. The van der Waals surface area contributed by atoms with Crippen LogP contribution >= 0.6 is 0 Å². The van der Waals surface area contributed by atoms with E-state index in [2.05, 4.69) is 15.1 Å². The van der Waals surface area contributed by atoms with Gasteiger partial charge in [0.25, 0.3) is 0 Å². The van der Waals surface area contributed by atoms with Crippen LogP contribution in [0, 0.1) is 11.3 Å². The summed E-state index contributed by atoms with van der Waals surface area (Å²) in [6, 6.07) is 2.26. The fourth-order valence-corrected chi connectivity index (χ4v) is 2.09. The van der Waals surface area contributed by atoms with Gasteiger partial charge in [-0.05, 0) is 12.8 Å². The Morgan fingerprint density at radius 2 is 2.18 bits per heavy atom. The Morgan fingerprint density at radius 1 is 1.35 bits per heavy atom. The zero-order valence-corrected chi connectivity index (χ0v) is 9.20.